The van der Waals surface area contributed by atoms with Gasteiger partial charge in [-0.15, -0.1) is 0 Å². The van der Waals surface area contributed by atoms with Crippen molar-refractivity contribution in [2.75, 3.05) is 20.2 Å². The van der Waals surface area contributed by atoms with Gasteiger partial charge in [0.05, 0.1) is 7.11 Å². The number of nitrogens with one attached hydrogen (secondary N) is 1. The Balaban J connectivity index is 1.57. The van der Waals surface area contributed by atoms with E-state index in [9.17, 15) is 0 Å². The largest absolute Gasteiger partial charge is 0.497 e. The molecule has 2 aromatic rings. The zero-order valence-corrected chi connectivity index (χ0v) is 12.1. The van der Waals surface area contributed by atoms with E-state index in [1.165, 1.54) is 17.5 Å². The van der Waals surface area contributed by atoms with Crippen molar-refractivity contribution < 1.29 is 4.74 Å². The van der Waals surface area contributed by atoms with Crippen molar-refractivity contribution in [3.63, 3.8) is 0 Å². The number of hydrogen-bond acceptors (Lipinski definition) is 2. The molecule has 0 radical (unpaired) electrons. The van der Waals surface area contributed by atoms with Crippen molar-refractivity contribution in [3.05, 3.63) is 65.7 Å². The van der Waals surface area contributed by atoms with Crippen LogP contribution >= 0.6 is 0 Å². The Morgan fingerprint density at radius 2 is 1.50 bits per heavy atom. The Hall–Kier alpha value is -1.80. The van der Waals surface area contributed by atoms with Gasteiger partial charge < -0.3 is 10.1 Å². The predicted molar refractivity (Wildman–Crippen MR) is 84.3 cm³/mol. The maximum atomic E-state index is 5.16. The third-order valence-corrected chi connectivity index (χ3v) is 3.41. The summed E-state index contributed by atoms with van der Waals surface area (Å²) in [6.45, 7) is 2.12. The molecule has 0 spiro atoms. The molecule has 0 aliphatic heterocycles. The normalized spacial score (nSPS) is 10.4. The Kier molecular flexibility index (Phi) is 6.12. The summed E-state index contributed by atoms with van der Waals surface area (Å²) in [6.07, 6.45) is 3.38. The van der Waals surface area contributed by atoms with Crippen LogP contribution in [0.15, 0.2) is 54.6 Å². The van der Waals surface area contributed by atoms with E-state index in [4.69, 9.17) is 4.74 Å². The van der Waals surface area contributed by atoms with Crippen LogP contribution in [0, 0.1) is 0 Å². The van der Waals surface area contributed by atoms with Gasteiger partial charge in [-0.05, 0) is 55.6 Å². The molecule has 0 unspecified atom stereocenters. The average Bonchev–Trinajstić information content (AvgIpc) is 2.52. The van der Waals surface area contributed by atoms with Crippen molar-refractivity contribution in [3.8, 4) is 5.75 Å². The molecule has 106 valence electrons. The van der Waals surface area contributed by atoms with Gasteiger partial charge in [-0.1, -0.05) is 42.5 Å². The molecule has 0 bridgehead atoms. The van der Waals surface area contributed by atoms with Crippen LogP contribution in [0.2, 0.25) is 0 Å². The van der Waals surface area contributed by atoms with Crippen LogP contribution in [-0.2, 0) is 12.8 Å². The Morgan fingerprint density at radius 1 is 0.800 bits per heavy atom. The topological polar surface area (TPSA) is 21.3 Å². The van der Waals surface area contributed by atoms with Crippen LogP contribution in [0.25, 0.3) is 0 Å². The lowest BCUT2D eigenvalue weighted by Gasteiger charge is -2.06. The van der Waals surface area contributed by atoms with Gasteiger partial charge in [-0.25, -0.2) is 0 Å². The fourth-order valence-corrected chi connectivity index (χ4v) is 2.21. The van der Waals surface area contributed by atoms with Gasteiger partial charge in [0, 0.05) is 0 Å². The number of ether oxygens (including phenoxy) is 1. The molecule has 2 heteroatoms. The van der Waals surface area contributed by atoms with E-state index < -0.39 is 0 Å². The lowest BCUT2D eigenvalue weighted by atomic mass is 10.1. The van der Waals surface area contributed by atoms with E-state index in [0.29, 0.717) is 0 Å². The summed E-state index contributed by atoms with van der Waals surface area (Å²) in [5.74, 6) is 0.926. The second-order valence-electron chi connectivity index (χ2n) is 4.94. The first-order valence-electron chi connectivity index (χ1n) is 7.26. The highest BCUT2D eigenvalue weighted by molar-refractivity contribution is 5.27. The van der Waals surface area contributed by atoms with Gasteiger partial charge in [0.2, 0.25) is 0 Å². The quantitative estimate of drug-likeness (QED) is 0.741. The number of hydrogen-bond donors (Lipinski definition) is 1. The molecule has 2 aromatic carbocycles. The van der Waals surface area contributed by atoms with Gasteiger partial charge in [-0.3, -0.25) is 0 Å². The Labute approximate surface area is 121 Å². The minimum absolute atomic E-state index is 0.926. The molecule has 0 aliphatic carbocycles. The highest BCUT2D eigenvalue weighted by Gasteiger charge is 1.95. The monoisotopic (exact) mass is 269 g/mol. The molecule has 0 aromatic heterocycles. The van der Waals surface area contributed by atoms with E-state index in [0.717, 1.165) is 31.7 Å². The number of aryl methyl sites for hydroxylation is 1. The van der Waals surface area contributed by atoms with Gasteiger partial charge >= 0.3 is 0 Å². The summed E-state index contributed by atoms with van der Waals surface area (Å²) < 4.78 is 5.16. The van der Waals surface area contributed by atoms with Crippen molar-refractivity contribution in [2.24, 2.45) is 0 Å². The second-order valence-corrected chi connectivity index (χ2v) is 4.94. The first-order chi connectivity index (χ1) is 9.88. The Morgan fingerprint density at radius 3 is 2.20 bits per heavy atom. The first-order valence-corrected chi connectivity index (χ1v) is 7.26. The number of methoxy groups -OCH3 is 1. The summed E-state index contributed by atoms with van der Waals surface area (Å²) in [7, 11) is 1.70. The fraction of sp³-hybridized carbons (Fsp3) is 0.333. The average molecular weight is 269 g/mol. The van der Waals surface area contributed by atoms with Gasteiger partial charge in [0.25, 0.3) is 0 Å². The Bertz CT molecular complexity index is 479. The lowest BCUT2D eigenvalue weighted by Crippen LogP contribution is -2.18. The second kappa shape index (κ2) is 8.39. The molecular formula is C18H23NO. The van der Waals surface area contributed by atoms with E-state index in [-0.39, 0.29) is 0 Å². The molecular weight excluding hydrogens is 246 g/mol. The number of benzene rings is 2. The molecule has 2 rings (SSSR count). The molecule has 0 heterocycles. The maximum absolute atomic E-state index is 5.16. The molecule has 0 fully saturated rings. The van der Waals surface area contributed by atoms with Crippen LogP contribution in [0.4, 0.5) is 0 Å². The van der Waals surface area contributed by atoms with Gasteiger partial charge in [0.15, 0.2) is 0 Å². The van der Waals surface area contributed by atoms with E-state index >= 15 is 0 Å². The molecule has 0 aliphatic rings. The molecule has 0 amide bonds. The standard InChI is InChI=1S/C18H23NO/c1-20-18-11-9-17(10-12-18)8-5-14-19-15-13-16-6-3-2-4-7-16/h2-4,6-7,9-12,19H,5,8,13-15H2,1H3. The van der Waals surface area contributed by atoms with Gasteiger partial charge in [-0.2, -0.15) is 0 Å². The fourth-order valence-electron chi connectivity index (χ4n) is 2.21. The maximum Gasteiger partial charge on any atom is 0.118 e. The van der Waals surface area contributed by atoms with Gasteiger partial charge in [0.1, 0.15) is 5.75 Å². The van der Waals surface area contributed by atoms with Crippen molar-refractivity contribution >= 4 is 0 Å². The minimum Gasteiger partial charge on any atom is -0.497 e. The lowest BCUT2D eigenvalue weighted by molar-refractivity contribution is 0.414. The third kappa shape index (κ3) is 5.06. The summed E-state index contributed by atoms with van der Waals surface area (Å²) in [5, 5.41) is 3.50. The minimum atomic E-state index is 0.926. The summed E-state index contributed by atoms with van der Waals surface area (Å²) in [5.41, 5.74) is 2.77. The number of rotatable bonds is 8. The third-order valence-electron chi connectivity index (χ3n) is 3.41. The van der Waals surface area contributed by atoms with Crippen LogP contribution in [0.5, 0.6) is 5.75 Å². The SMILES string of the molecule is COc1ccc(CCCNCCc2ccccc2)cc1. The van der Waals surface area contributed by atoms with Crippen LogP contribution < -0.4 is 10.1 Å². The smallest absolute Gasteiger partial charge is 0.118 e. The highest BCUT2D eigenvalue weighted by atomic mass is 16.5. The van der Waals surface area contributed by atoms with E-state index in [1.54, 1.807) is 7.11 Å². The van der Waals surface area contributed by atoms with Crippen molar-refractivity contribution in [1.29, 1.82) is 0 Å². The molecule has 2 nitrogen and oxygen atoms in total. The zero-order chi connectivity index (χ0) is 14.0. The molecule has 0 atom stereocenters. The van der Waals surface area contributed by atoms with Crippen LogP contribution in [-0.4, -0.2) is 20.2 Å². The summed E-state index contributed by atoms with van der Waals surface area (Å²) >= 11 is 0. The molecule has 0 saturated heterocycles. The summed E-state index contributed by atoms with van der Waals surface area (Å²) in [6, 6.07) is 18.9. The summed E-state index contributed by atoms with van der Waals surface area (Å²) in [4.78, 5) is 0. The van der Waals surface area contributed by atoms with Crippen LogP contribution in [0.3, 0.4) is 0 Å². The van der Waals surface area contributed by atoms with Crippen molar-refractivity contribution in [2.45, 2.75) is 19.3 Å². The van der Waals surface area contributed by atoms with Crippen LogP contribution in [0.1, 0.15) is 17.5 Å². The highest BCUT2D eigenvalue weighted by Crippen LogP contribution is 2.12. The molecule has 0 saturated carbocycles. The first kappa shape index (κ1) is 14.6. The molecule has 20 heavy (non-hydrogen) atoms. The van der Waals surface area contributed by atoms with Crippen molar-refractivity contribution in [1.82, 2.24) is 5.32 Å². The zero-order valence-electron chi connectivity index (χ0n) is 12.1. The predicted octanol–water partition coefficient (Wildman–Crippen LogP) is 3.46. The molecule has 1 N–H and O–H groups in total. The van der Waals surface area contributed by atoms with E-state index in [1.807, 2.05) is 12.1 Å². The van der Waals surface area contributed by atoms with E-state index in [2.05, 4.69) is 47.8 Å².